The molecule has 2 heterocycles. The van der Waals surface area contributed by atoms with Crippen LogP contribution in [0.15, 0.2) is 30.5 Å². The topological polar surface area (TPSA) is 22.1 Å². The molecule has 0 fully saturated rings. The maximum Gasteiger partial charge on any atom is 0.0728 e. The lowest BCUT2D eigenvalue weighted by atomic mass is 10.0. The quantitative estimate of drug-likeness (QED) is 0.606. The minimum atomic E-state index is 0.718. The van der Waals surface area contributed by atoms with Crippen LogP contribution in [0.1, 0.15) is 11.1 Å². The molecule has 0 saturated carbocycles. The summed E-state index contributed by atoms with van der Waals surface area (Å²) in [5.74, 6) is 0. The molecule has 3 rings (SSSR count). The molecule has 0 amide bonds. The van der Waals surface area contributed by atoms with Crippen molar-refractivity contribution in [1.82, 2.24) is 4.98 Å². The highest BCUT2D eigenvalue weighted by Crippen LogP contribution is 2.26. The molecule has 0 N–H and O–H groups in total. The molecule has 2 heteroatoms. The molecular weight excluding hydrogens is 162 g/mol. The number of aromatic nitrogens is 1. The van der Waals surface area contributed by atoms with E-state index in [1.54, 1.807) is 0 Å². The molecule has 0 aliphatic carbocycles. The van der Waals surface area contributed by atoms with Crippen LogP contribution in [0.5, 0.6) is 0 Å². The van der Waals surface area contributed by atoms with Gasteiger partial charge in [-0.05, 0) is 23.3 Å². The molecule has 2 aromatic rings. The third kappa shape index (κ3) is 0.956. The Morgan fingerprint density at radius 3 is 2.85 bits per heavy atom. The van der Waals surface area contributed by atoms with E-state index < -0.39 is 0 Å². The molecule has 0 unspecified atom stereocenters. The van der Waals surface area contributed by atoms with Crippen LogP contribution < -0.4 is 0 Å². The summed E-state index contributed by atoms with van der Waals surface area (Å²) in [6, 6.07) is 8.22. The van der Waals surface area contributed by atoms with Crippen molar-refractivity contribution in [1.29, 1.82) is 0 Å². The van der Waals surface area contributed by atoms with E-state index >= 15 is 0 Å². The van der Waals surface area contributed by atoms with Gasteiger partial charge in [-0.25, -0.2) is 0 Å². The largest absolute Gasteiger partial charge is 0.372 e. The third-order valence-corrected chi connectivity index (χ3v) is 2.45. The normalized spacial score (nSPS) is 14.8. The Hall–Kier alpha value is -1.41. The monoisotopic (exact) mass is 171 g/mol. The van der Waals surface area contributed by atoms with Gasteiger partial charge in [0, 0.05) is 11.6 Å². The SMILES string of the molecule is c1cc2c3c(ccnc3c1)COC2. The Morgan fingerprint density at radius 2 is 1.92 bits per heavy atom. The minimum absolute atomic E-state index is 0.718. The van der Waals surface area contributed by atoms with Crippen LogP contribution in [0.3, 0.4) is 0 Å². The van der Waals surface area contributed by atoms with Gasteiger partial charge in [0.15, 0.2) is 0 Å². The third-order valence-electron chi connectivity index (χ3n) is 2.45. The predicted molar refractivity (Wildman–Crippen MR) is 50.2 cm³/mol. The van der Waals surface area contributed by atoms with E-state index in [1.165, 1.54) is 16.5 Å². The average Bonchev–Trinajstić information content (AvgIpc) is 2.19. The maximum atomic E-state index is 5.46. The van der Waals surface area contributed by atoms with Gasteiger partial charge in [0.1, 0.15) is 0 Å². The van der Waals surface area contributed by atoms with Gasteiger partial charge in [-0.3, -0.25) is 4.98 Å². The van der Waals surface area contributed by atoms with Crippen molar-refractivity contribution in [3.63, 3.8) is 0 Å². The molecule has 1 aliphatic rings. The highest BCUT2D eigenvalue weighted by molar-refractivity contribution is 5.85. The Balaban J connectivity index is 2.49. The van der Waals surface area contributed by atoms with E-state index in [9.17, 15) is 0 Å². The van der Waals surface area contributed by atoms with E-state index in [0.717, 1.165) is 18.7 Å². The lowest BCUT2D eigenvalue weighted by molar-refractivity contribution is 0.103. The number of ether oxygens (including phenoxy) is 1. The fraction of sp³-hybridized carbons (Fsp3) is 0.182. The summed E-state index contributed by atoms with van der Waals surface area (Å²) in [4.78, 5) is 4.33. The molecule has 0 radical (unpaired) electrons. The van der Waals surface area contributed by atoms with Crippen molar-refractivity contribution in [3.05, 3.63) is 41.6 Å². The Kier molecular flexibility index (Phi) is 1.37. The van der Waals surface area contributed by atoms with Crippen LogP contribution >= 0.6 is 0 Å². The number of nitrogens with zero attached hydrogens (tertiary/aromatic N) is 1. The van der Waals surface area contributed by atoms with Crippen molar-refractivity contribution in [2.45, 2.75) is 13.2 Å². The average molecular weight is 171 g/mol. The van der Waals surface area contributed by atoms with E-state index in [-0.39, 0.29) is 0 Å². The summed E-state index contributed by atoms with van der Waals surface area (Å²) in [6.07, 6.45) is 1.84. The van der Waals surface area contributed by atoms with Crippen molar-refractivity contribution in [2.24, 2.45) is 0 Å². The van der Waals surface area contributed by atoms with Crippen LogP contribution in [-0.2, 0) is 18.0 Å². The van der Waals surface area contributed by atoms with Crippen LogP contribution in [0, 0.1) is 0 Å². The number of hydrogen-bond donors (Lipinski definition) is 0. The smallest absolute Gasteiger partial charge is 0.0728 e. The van der Waals surface area contributed by atoms with Gasteiger partial charge in [0.25, 0.3) is 0 Å². The van der Waals surface area contributed by atoms with Crippen LogP contribution in [0.25, 0.3) is 10.9 Å². The maximum absolute atomic E-state index is 5.46. The Morgan fingerprint density at radius 1 is 1.08 bits per heavy atom. The molecule has 13 heavy (non-hydrogen) atoms. The molecule has 0 spiro atoms. The Bertz CT molecular complexity index is 426. The molecule has 2 nitrogen and oxygen atoms in total. The fourth-order valence-electron chi connectivity index (χ4n) is 1.87. The summed E-state index contributed by atoms with van der Waals surface area (Å²) >= 11 is 0. The second-order valence-electron chi connectivity index (χ2n) is 3.27. The van der Waals surface area contributed by atoms with Gasteiger partial charge >= 0.3 is 0 Å². The number of pyridine rings is 1. The van der Waals surface area contributed by atoms with Crippen molar-refractivity contribution in [3.8, 4) is 0 Å². The zero-order chi connectivity index (χ0) is 8.67. The zero-order valence-electron chi connectivity index (χ0n) is 7.16. The highest BCUT2D eigenvalue weighted by Gasteiger charge is 2.11. The Labute approximate surface area is 76.2 Å². The van der Waals surface area contributed by atoms with Crippen LogP contribution in [0.4, 0.5) is 0 Å². The summed E-state index contributed by atoms with van der Waals surface area (Å²) in [5, 5.41) is 1.29. The van der Waals surface area contributed by atoms with E-state index in [4.69, 9.17) is 4.74 Å². The predicted octanol–water partition coefficient (Wildman–Crippen LogP) is 2.26. The highest BCUT2D eigenvalue weighted by atomic mass is 16.5. The zero-order valence-corrected chi connectivity index (χ0v) is 7.16. The van der Waals surface area contributed by atoms with Crippen molar-refractivity contribution >= 4 is 10.9 Å². The van der Waals surface area contributed by atoms with Gasteiger partial charge in [0.2, 0.25) is 0 Å². The van der Waals surface area contributed by atoms with Crippen LogP contribution in [-0.4, -0.2) is 4.98 Å². The van der Waals surface area contributed by atoms with E-state index in [1.807, 2.05) is 24.4 Å². The fourth-order valence-corrected chi connectivity index (χ4v) is 1.87. The minimum Gasteiger partial charge on any atom is -0.372 e. The van der Waals surface area contributed by atoms with E-state index in [2.05, 4.69) is 11.1 Å². The number of hydrogen-bond acceptors (Lipinski definition) is 2. The first-order valence-corrected chi connectivity index (χ1v) is 4.38. The standard InChI is InChI=1S/C11H9NO/c1-2-8-6-13-7-9-4-5-12-10(3-1)11(8)9/h1-5H,6-7H2. The number of benzene rings is 1. The van der Waals surface area contributed by atoms with Gasteiger partial charge in [0.05, 0.1) is 18.7 Å². The van der Waals surface area contributed by atoms with E-state index in [0.29, 0.717) is 0 Å². The molecule has 1 aliphatic heterocycles. The molecule has 0 saturated heterocycles. The second kappa shape index (κ2) is 2.54. The first-order chi connectivity index (χ1) is 6.45. The first kappa shape index (κ1) is 7.04. The van der Waals surface area contributed by atoms with Crippen molar-refractivity contribution in [2.75, 3.05) is 0 Å². The van der Waals surface area contributed by atoms with Gasteiger partial charge < -0.3 is 4.74 Å². The molecule has 0 atom stereocenters. The molecular formula is C11H9NO. The van der Waals surface area contributed by atoms with Crippen molar-refractivity contribution < 1.29 is 4.74 Å². The molecule has 0 bridgehead atoms. The van der Waals surface area contributed by atoms with Gasteiger partial charge in [-0.1, -0.05) is 12.1 Å². The first-order valence-electron chi connectivity index (χ1n) is 4.38. The molecule has 1 aromatic carbocycles. The van der Waals surface area contributed by atoms with Crippen LogP contribution in [0.2, 0.25) is 0 Å². The lowest BCUT2D eigenvalue weighted by Gasteiger charge is -2.16. The summed E-state index contributed by atoms with van der Waals surface area (Å²) in [5.41, 5.74) is 3.59. The number of rotatable bonds is 0. The molecule has 1 aromatic heterocycles. The summed E-state index contributed by atoms with van der Waals surface area (Å²) in [6.45, 7) is 1.44. The summed E-state index contributed by atoms with van der Waals surface area (Å²) < 4.78 is 5.46. The van der Waals surface area contributed by atoms with Gasteiger partial charge in [-0.15, -0.1) is 0 Å². The summed E-state index contributed by atoms with van der Waals surface area (Å²) in [7, 11) is 0. The van der Waals surface area contributed by atoms with Gasteiger partial charge in [-0.2, -0.15) is 0 Å². The molecule has 64 valence electrons. The lowest BCUT2D eigenvalue weighted by Crippen LogP contribution is -2.04. The second-order valence-corrected chi connectivity index (χ2v) is 3.27.